The minimum atomic E-state index is -0.911. The van der Waals surface area contributed by atoms with Crippen molar-refractivity contribution in [2.75, 3.05) is 6.54 Å². The molecule has 0 spiro atoms. The third-order valence-electron chi connectivity index (χ3n) is 3.54. The summed E-state index contributed by atoms with van der Waals surface area (Å²) in [6, 6.07) is 3.05. The van der Waals surface area contributed by atoms with Gasteiger partial charge in [0, 0.05) is 12.7 Å². The van der Waals surface area contributed by atoms with E-state index in [9.17, 15) is 9.59 Å². The molecule has 0 aromatic carbocycles. The van der Waals surface area contributed by atoms with Gasteiger partial charge in [-0.2, -0.15) is 0 Å². The average Bonchev–Trinajstić information content (AvgIpc) is 2.41. The van der Waals surface area contributed by atoms with Crippen LogP contribution in [0.5, 0.6) is 0 Å². The summed E-state index contributed by atoms with van der Waals surface area (Å²) in [4.78, 5) is 29.1. The Kier molecular flexibility index (Phi) is 4.14. The largest absolute Gasteiger partial charge is 0.480 e. The third kappa shape index (κ3) is 3.10. The van der Waals surface area contributed by atoms with Crippen LogP contribution in [0.3, 0.4) is 0 Å². The number of likely N-dealkylation sites (tertiary alicyclic amines) is 1. The fourth-order valence-electron chi connectivity index (χ4n) is 2.44. The maximum atomic E-state index is 12.3. The highest BCUT2D eigenvalue weighted by atomic mass is 16.4. The van der Waals surface area contributed by atoms with Crippen molar-refractivity contribution in [3.63, 3.8) is 0 Å². The molecule has 1 amide bonds. The molecule has 1 saturated heterocycles. The quantitative estimate of drug-likeness (QED) is 0.893. The molecular weight excluding hydrogens is 244 g/mol. The number of aryl methyl sites for hydroxylation is 1. The van der Waals surface area contributed by atoms with Gasteiger partial charge in [0.15, 0.2) is 0 Å². The standard InChI is InChI=1S/C14H18N2O3/c1-10-5-4-7-15-11(10)9-13(17)16-8-3-2-6-12(16)14(18)19/h4-5,7,12H,2-3,6,8-9H2,1H3,(H,18,19). The van der Waals surface area contributed by atoms with Gasteiger partial charge >= 0.3 is 5.97 Å². The molecule has 102 valence electrons. The van der Waals surface area contributed by atoms with Gasteiger partial charge in [0.1, 0.15) is 6.04 Å². The summed E-state index contributed by atoms with van der Waals surface area (Å²) in [7, 11) is 0. The van der Waals surface area contributed by atoms with Crippen LogP contribution >= 0.6 is 0 Å². The smallest absolute Gasteiger partial charge is 0.326 e. The predicted molar refractivity (Wildman–Crippen MR) is 69.7 cm³/mol. The van der Waals surface area contributed by atoms with Crippen LogP contribution in [0, 0.1) is 6.92 Å². The van der Waals surface area contributed by atoms with E-state index in [2.05, 4.69) is 4.98 Å². The van der Waals surface area contributed by atoms with E-state index in [0.29, 0.717) is 13.0 Å². The minimum Gasteiger partial charge on any atom is -0.480 e. The van der Waals surface area contributed by atoms with E-state index in [4.69, 9.17) is 5.11 Å². The fourth-order valence-corrected chi connectivity index (χ4v) is 2.44. The summed E-state index contributed by atoms with van der Waals surface area (Å²) in [6.07, 6.45) is 4.11. The Morgan fingerprint density at radius 3 is 2.95 bits per heavy atom. The Labute approximate surface area is 112 Å². The summed E-state index contributed by atoms with van der Waals surface area (Å²) >= 11 is 0. The van der Waals surface area contributed by atoms with Crippen molar-refractivity contribution >= 4 is 11.9 Å². The van der Waals surface area contributed by atoms with Crippen molar-refractivity contribution in [1.29, 1.82) is 0 Å². The Balaban J connectivity index is 2.10. The summed E-state index contributed by atoms with van der Waals surface area (Å²) in [5, 5.41) is 9.17. The fraction of sp³-hybridized carbons (Fsp3) is 0.500. The first-order chi connectivity index (χ1) is 9.09. The first kappa shape index (κ1) is 13.5. The van der Waals surface area contributed by atoms with E-state index < -0.39 is 12.0 Å². The van der Waals surface area contributed by atoms with Gasteiger partial charge in [0.2, 0.25) is 5.91 Å². The zero-order valence-electron chi connectivity index (χ0n) is 11.0. The zero-order chi connectivity index (χ0) is 13.8. The lowest BCUT2D eigenvalue weighted by Crippen LogP contribution is -2.48. The Bertz CT molecular complexity index is 487. The van der Waals surface area contributed by atoms with Crippen LogP contribution in [0.1, 0.15) is 30.5 Å². The van der Waals surface area contributed by atoms with Gasteiger partial charge in [-0.3, -0.25) is 9.78 Å². The first-order valence-corrected chi connectivity index (χ1v) is 6.52. The zero-order valence-corrected chi connectivity index (χ0v) is 11.0. The van der Waals surface area contributed by atoms with Crippen LogP contribution in [-0.2, 0) is 16.0 Å². The monoisotopic (exact) mass is 262 g/mol. The molecule has 0 bridgehead atoms. The van der Waals surface area contributed by atoms with Crippen LogP contribution < -0.4 is 0 Å². The number of hydrogen-bond acceptors (Lipinski definition) is 3. The molecule has 5 nitrogen and oxygen atoms in total. The molecule has 1 aromatic rings. The van der Waals surface area contributed by atoms with Crippen LogP contribution in [0.25, 0.3) is 0 Å². The van der Waals surface area contributed by atoms with Crippen molar-refractivity contribution in [3.8, 4) is 0 Å². The topological polar surface area (TPSA) is 70.5 Å². The van der Waals surface area contributed by atoms with Crippen molar-refractivity contribution in [1.82, 2.24) is 9.88 Å². The normalized spacial score (nSPS) is 19.2. The maximum absolute atomic E-state index is 12.3. The third-order valence-corrected chi connectivity index (χ3v) is 3.54. The molecule has 1 aliphatic rings. The maximum Gasteiger partial charge on any atom is 0.326 e. The molecule has 2 heterocycles. The second-order valence-corrected chi connectivity index (χ2v) is 4.88. The second-order valence-electron chi connectivity index (χ2n) is 4.88. The van der Waals surface area contributed by atoms with Gasteiger partial charge in [-0.25, -0.2) is 4.79 Å². The van der Waals surface area contributed by atoms with Gasteiger partial charge in [-0.1, -0.05) is 6.07 Å². The number of amides is 1. The van der Waals surface area contributed by atoms with Crippen molar-refractivity contribution in [3.05, 3.63) is 29.6 Å². The van der Waals surface area contributed by atoms with Gasteiger partial charge in [0.05, 0.1) is 12.1 Å². The molecule has 1 aromatic heterocycles. The lowest BCUT2D eigenvalue weighted by atomic mass is 10.0. The van der Waals surface area contributed by atoms with E-state index in [0.717, 1.165) is 24.1 Å². The molecule has 19 heavy (non-hydrogen) atoms. The lowest BCUT2D eigenvalue weighted by Gasteiger charge is -2.33. The molecule has 1 aliphatic heterocycles. The predicted octanol–water partition coefficient (Wildman–Crippen LogP) is 1.40. The molecule has 0 saturated carbocycles. The molecule has 0 aliphatic carbocycles. The number of pyridine rings is 1. The number of carboxylic acid groups (broad SMARTS) is 1. The molecule has 1 fully saturated rings. The number of nitrogens with zero attached hydrogens (tertiary/aromatic N) is 2. The second kappa shape index (κ2) is 5.82. The van der Waals surface area contributed by atoms with Crippen molar-refractivity contribution < 1.29 is 14.7 Å². The SMILES string of the molecule is Cc1cccnc1CC(=O)N1CCCCC1C(=O)O. The Hall–Kier alpha value is -1.91. The number of piperidine rings is 1. The van der Waals surface area contributed by atoms with Crippen molar-refractivity contribution in [2.24, 2.45) is 0 Å². The number of rotatable bonds is 3. The lowest BCUT2D eigenvalue weighted by molar-refractivity contribution is -0.151. The van der Waals surface area contributed by atoms with Gasteiger partial charge in [-0.15, -0.1) is 0 Å². The number of aromatic nitrogens is 1. The molecule has 0 radical (unpaired) electrons. The molecule has 1 atom stereocenters. The van der Waals surface area contributed by atoms with E-state index in [1.807, 2.05) is 19.1 Å². The van der Waals surface area contributed by atoms with Crippen LogP contribution in [0.15, 0.2) is 18.3 Å². The Morgan fingerprint density at radius 2 is 2.26 bits per heavy atom. The average molecular weight is 262 g/mol. The van der Waals surface area contributed by atoms with E-state index in [1.165, 1.54) is 4.90 Å². The van der Waals surface area contributed by atoms with Gasteiger partial charge < -0.3 is 10.0 Å². The van der Waals surface area contributed by atoms with Crippen LogP contribution in [0.2, 0.25) is 0 Å². The number of hydrogen-bond donors (Lipinski definition) is 1. The molecule has 5 heteroatoms. The van der Waals surface area contributed by atoms with Crippen LogP contribution in [-0.4, -0.2) is 39.5 Å². The molecule has 1 unspecified atom stereocenters. The first-order valence-electron chi connectivity index (χ1n) is 6.52. The minimum absolute atomic E-state index is 0.145. The van der Waals surface area contributed by atoms with Crippen LogP contribution in [0.4, 0.5) is 0 Å². The Morgan fingerprint density at radius 1 is 1.47 bits per heavy atom. The summed E-state index contributed by atoms with van der Waals surface area (Å²) < 4.78 is 0. The number of aliphatic carboxylic acids is 1. The van der Waals surface area contributed by atoms with Crippen molar-refractivity contribution in [2.45, 2.75) is 38.6 Å². The summed E-state index contributed by atoms with van der Waals surface area (Å²) in [6.45, 7) is 2.43. The van der Waals surface area contributed by atoms with E-state index in [1.54, 1.807) is 6.20 Å². The summed E-state index contributed by atoms with van der Waals surface area (Å²) in [5.41, 5.74) is 1.68. The number of carbonyl (C=O) groups is 2. The summed E-state index contributed by atoms with van der Waals surface area (Å²) in [5.74, 6) is -1.06. The van der Waals surface area contributed by atoms with E-state index >= 15 is 0 Å². The molecular formula is C14H18N2O3. The number of carboxylic acids is 1. The highest BCUT2D eigenvalue weighted by Crippen LogP contribution is 2.18. The molecule has 2 rings (SSSR count). The van der Waals surface area contributed by atoms with Gasteiger partial charge in [0.25, 0.3) is 0 Å². The highest BCUT2D eigenvalue weighted by molar-refractivity contribution is 5.85. The van der Waals surface area contributed by atoms with Gasteiger partial charge in [-0.05, 0) is 37.8 Å². The van der Waals surface area contributed by atoms with E-state index in [-0.39, 0.29) is 12.3 Å². The number of carbonyl (C=O) groups excluding carboxylic acids is 1. The molecule has 1 N–H and O–H groups in total. The highest BCUT2D eigenvalue weighted by Gasteiger charge is 2.31.